The molecule has 2 rings (SSSR count). The number of nitrogens with zero attached hydrogens (tertiary/aromatic N) is 1. The number of hydrogen-bond donors (Lipinski definition) is 0. The molecule has 8 heteroatoms. The van der Waals surface area contributed by atoms with Crippen molar-refractivity contribution in [1.29, 1.82) is 0 Å². The average Bonchev–Trinajstić information content (AvgIpc) is 2.98. The fourth-order valence-corrected chi connectivity index (χ4v) is 2.80. The second-order valence-corrected chi connectivity index (χ2v) is 5.02. The van der Waals surface area contributed by atoms with Crippen molar-refractivity contribution in [2.45, 2.75) is 25.3 Å². The van der Waals surface area contributed by atoms with Crippen molar-refractivity contribution >= 4 is 17.9 Å². The van der Waals surface area contributed by atoms with Gasteiger partial charge in [0, 0.05) is 11.8 Å². The van der Waals surface area contributed by atoms with Gasteiger partial charge in [-0.1, -0.05) is 0 Å². The number of aromatic nitrogens is 1. The van der Waals surface area contributed by atoms with Gasteiger partial charge in [-0.2, -0.15) is 0 Å². The Morgan fingerprint density at radius 2 is 1.87 bits per heavy atom. The molecule has 1 unspecified atom stereocenters. The number of carbonyl (C=O) groups is 3. The number of fused-ring (bicyclic) bond motifs is 1. The molecule has 1 aliphatic rings. The zero-order chi connectivity index (χ0) is 17.1. The molecule has 1 aromatic heterocycles. The van der Waals surface area contributed by atoms with E-state index in [1.807, 2.05) is 0 Å². The van der Waals surface area contributed by atoms with E-state index >= 15 is 0 Å². The Kier molecular flexibility index (Phi) is 4.83. The Balaban J connectivity index is 2.64. The van der Waals surface area contributed by atoms with Gasteiger partial charge in [0.25, 0.3) is 5.56 Å². The zero-order valence-corrected chi connectivity index (χ0v) is 13.1. The second-order valence-electron chi connectivity index (χ2n) is 5.02. The Labute approximate surface area is 131 Å². The summed E-state index contributed by atoms with van der Waals surface area (Å²) >= 11 is 0. The van der Waals surface area contributed by atoms with Crippen molar-refractivity contribution < 1.29 is 28.6 Å². The molecule has 1 atom stereocenters. The number of hydrogen-bond acceptors (Lipinski definition) is 7. The van der Waals surface area contributed by atoms with Gasteiger partial charge in [0.15, 0.2) is 0 Å². The third kappa shape index (κ3) is 2.96. The van der Waals surface area contributed by atoms with Crippen LogP contribution in [0.5, 0.6) is 0 Å². The lowest BCUT2D eigenvalue weighted by Gasteiger charge is -2.16. The van der Waals surface area contributed by atoms with Crippen LogP contribution < -0.4 is 5.56 Å². The molecule has 124 valence electrons. The van der Waals surface area contributed by atoms with Gasteiger partial charge in [-0.15, -0.1) is 0 Å². The second kappa shape index (κ2) is 6.64. The number of esters is 3. The fraction of sp³-hybridized carbons (Fsp3) is 0.467. The van der Waals surface area contributed by atoms with Crippen molar-refractivity contribution in [2.24, 2.45) is 0 Å². The molecule has 0 spiro atoms. The summed E-state index contributed by atoms with van der Waals surface area (Å²) in [4.78, 5) is 47.8. The highest BCUT2D eigenvalue weighted by molar-refractivity contribution is 5.94. The van der Waals surface area contributed by atoms with Crippen LogP contribution in [-0.4, -0.2) is 43.8 Å². The van der Waals surface area contributed by atoms with E-state index < -0.39 is 29.5 Å². The molecular weight excluding hydrogens is 306 g/mol. The standard InChI is InChI=1S/C15H17NO7/c1-21-12(18)7-8-6-11(17)16-9(13(8)15(20)23-3)4-5-10(16)14(19)22-2/h6,10H,4-5,7H2,1-3H3. The molecule has 23 heavy (non-hydrogen) atoms. The van der Waals surface area contributed by atoms with Crippen LogP contribution in [0.3, 0.4) is 0 Å². The minimum Gasteiger partial charge on any atom is -0.469 e. The summed E-state index contributed by atoms with van der Waals surface area (Å²) in [5.74, 6) is -1.80. The third-order valence-corrected chi connectivity index (χ3v) is 3.83. The van der Waals surface area contributed by atoms with Crippen molar-refractivity contribution in [2.75, 3.05) is 21.3 Å². The highest BCUT2D eigenvalue weighted by Gasteiger charge is 2.35. The molecule has 0 aromatic carbocycles. The normalized spacial score (nSPS) is 15.7. The predicted molar refractivity (Wildman–Crippen MR) is 77.1 cm³/mol. The van der Waals surface area contributed by atoms with Crippen LogP contribution in [-0.2, 0) is 36.6 Å². The molecule has 8 nitrogen and oxygen atoms in total. The molecule has 0 amide bonds. The van der Waals surface area contributed by atoms with Crippen LogP contribution in [0.15, 0.2) is 10.9 Å². The molecule has 0 saturated carbocycles. The Morgan fingerprint density at radius 3 is 2.43 bits per heavy atom. The van der Waals surface area contributed by atoms with Crippen molar-refractivity contribution in [3.05, 3.63) is 33.2 Å². The Hall–Kier alpha value is -2.64. The van der Waals surface area contributed by atoms with Crippen LogP contribution >= 0.6 is 0 Å². The first-order valence-electron chi connectivity index (χ1n) is 6.94. The number of rotatable bonds is 4. The average molecular weight is 323 g/mol. The summed E-state index contributed by atoms with van der Waals surface area (Å²) in [6.45, 7) is 0. The smallest absolute Gasteiger partial charge is 0.339 e. The number of methoxy groups -OCH3 is 3. The maximum atomic E-state index is 12.3. The van der Waals surface area contributed by atoms with Gasteiger partial charge in [0.1, 0.15) is 6.04 Å². The van der Waals surface area contributed by atoms with E-state index in [1.54, 1.807) is 0 Å². The Bertz CT molecular complexity index is 719. The van der Waals surface area contributed by atoms with Crippen molar-refractivity contribution in [3.8, 4) is 0 Å². The SMILES string of the molecule is COC(=O)Cc1cc(=O)n2c(c1C(=O)OC)CCC2C(=O)OC. The van der Waals surface area contributed by atoms with Gasteiger partial charge in [-0.25, -0.2) is 9.59 Å². The number of pyridine rings is 1. The first-order chi connectivity index (χ1) is 10.9. The van der Waals surface area contributed by atoms with Crippen LogP contribution in [0.4, 0.5) is 0 Å². The lowest BCUT2D eigenvalue weighted by Crippen LogP contribution is -2.31. The third-order valence-electron chi connectivity index (χ3n) is 3.83. The zero-order valence-electron chi connectivity index (χ0n) is 13.1. The van der Waals surface area contributed by atoms with Crippen molar-refractivity contribution in [3.63, 3.8) is 0 Å². The van der Waals surface area contributed by atoms with E-state index in [9.17, 15) is 19.2 Å². The summed E-state index contributed by atoms with van der Waals surface area (Å²) in [6, 6.07) is 0.381. The maximum absolute atomic E-state index is 12.3. The number of carbonyl (C=O) groups excluding carboxylic acids is 3. The summed E-state index contributed by atoms with van der Waals surface area (Å²) in [6.07, 6.45) is 0.439. The summed E-state index contributed by atoms with van der Waals surface area (Å²) in [5, 5.41) is 0. The molecule has 0 aliphatic carbocycles. The molecule has 0 fully saturated rings. The van der Waals surface area contributed by atoms with E-state index in [0.29, 0.717) is 18.5 Å². The van der Waals surface area contributed by atoms with Crippen LogP contribution in [0.2, 0.25) is 0 Å². The van der Waals surface area contributed by atoms with Gasteiger partial charge in [-0.05, 0) is 18.4 Å². The predicted octanol–water partition coefficient (Wildman–Crippen LogP) is 0.0107. The quantitative estimate of drug-likeness (QED) is 0.568. The summed E-state index contributed by atoms with van der Waals surface area (Å²) in [7, 11) is 3.66. The lowest BCUT2D eigenvalue weighted by molar-refractivity contribution is -0.144. The monoisotopic (exact) mass is 323 g/mol. The molecule has 0 bridgehead atoms. The molecular formula is C15H17NO7. The highest BCUT2D eigenvalue weighted by atomic mass is 16.5. The fourth-order valence-electron chi connectivity index (χ4n) is 2.80. The van der Waals surface area contributed by atoms with Gasteiger partial charge in [0.2, 0.25) is 0 Å². The molecule has 2 heterocycles. The largest absolute Gasteiger partial charge is 0.469 e. The van der Waals surface area contributed by atoms with Gasteiger partial charge in [-0.3, -0.25) is 14.2 Å². The van der Waals surface area contributed by atoms with Gasteiger partial charge >= 0.3 is 17.9 Å². The topological polar surface area (TPSA) is 101 Å². The van der Waals surface area contributed by atoms with E-state index in [-0.39, 0.29) is 17.5 Å². The van der Waals surface area contributed by atoms with Crippen LogP contribution in [0, 0.1) is 0 Å². The minimum atomic E-state index is -0.780. The van der Waals surface area contributed by atoms with E-state index in [4.69, 9.17) is 9.47 Å². The molecule has 0 saturated heterocycles. The first-order valence-corrected chi connectivity index (χ1v) is 6.94. The van der Waals surface area contributed by atoms with E-state index in [1.165, 1.54) is 25.9 Å². The van der Waals surface area contributed by atoms with E-state index in [0.717, 1.165) is 6.07 Å². The summed E-state index contributed by atoms with van der Waals surface area (Å²) < 4.78 is 15.3. The molecule has 0 N–H and O–H groups in total. The minimum absolute atomic E-state index is 0.129. The summed E-state index contributed by atoms with van der Waals surface area (Å²) in [5.41, 5.74) is 0.257. The van der Waals surface area contributed by atoms with Crippen LogP contribution in [0.1, 0.15) is 34.1 Å². The molecule has 1 aliphatic heterocycles. The maximum Gasteiger partial charge on any atom is 0.339 e. The van der Waals surface area contributed by atoms with Gasteiger partial charge < -0.3 is 14.2 Å². The number of ether oxygens (including phenoxy) is 3. The van der Waals surface area contributed by atoms with Crippen LogP contribution in [0.25, 0.3) is 0 Å². The Morgan fingerprint density at radius 1 is 1.17 bits per heavy atom. The first kappa shape index (κ1) is 16.7. The van der Waals surface area contributed by atoms with Crippen molar-refractivity contribution in [1.82, 2.24) is 4.57 Å². The molecule has 1 aromatic rings. The van der Waals surface area contributed by atoms with E-state index in [2.05, 4.69) is 4.74 Å². The molecule has 0 radical (unpaired) electrons. The van der Waals surface area contributed by atoms with Gasteiger partial charge in [0.05, 0.1) is 33.3 Å². The lowest BCUT2D eigenvalue weighted by atomic mass is 10.0. The highest BCUT2D eigenvalue weighted by Crippen LogP contribution is 2.29.